The number of rotatable bonds is 40. The number of carbonyl (C=O) groups is 16. The van der Waals surface area contributed by atoms with Crippen molar-refractivity contribution in [3.8, 4) is 0 Å². The van der Waals surface area contributed by atoms with E-state index in [4.69, 9.17) is 45.9 Å². The minimum atomic E-state index is -1.87. The molecule has 0 spiro atoms. The van der Waals surface area contributed by atoms with Crippen LogP contribution in [0.2, 0.25) is 0 Å². The molecule has 33 N–H and O–H groups in total. The highest BCUT2D eigenvalue weighted by Crippen LogP contribution is 2.12. The Kier molecular flexibility index (Phi) is 46.6. The first-order valence-corrected chi connectivity index (χ1v) is 37.1. The SMILES string of the molecule is CSCC[C@H](NC(=O)[C@H](C)NC(=O)[C@H](CCCN=C(N)N)NC(=O)[C@H](C)N)C(=O)N[C@H]1CCCCNC(=O)CC[C@@H](C(=O)N[C@H](C(=O)NCC(=O)NCC(=O)N[C@@H](CCCCN)C(=O)N[C@@H](C)C(N)=O)[C@@H](C)O)NC(=O)[C@H](CCCCN)NC(=O)[C@H](CCCN=C(N)N)NC(=O)[C@H](C)NC(=O)[C@H]([C@@H](C)O)NC1=O. The Bertz CT molecular complexity index is 3070. The predicted octanol–water partition coefficient (Wildman–Crippen LogP) is -11.1. The number of nitrogens with zero attached hydrogens (tertiary/aromatic N) is 2. The number of hydrogen-bond donors (Lipinski definition) is 25. The van der Waals surface area contributed by atoms with Gasteiger partial charge in [-0.1, -0.05) is 0 Å². The van der Waals surface area contributed by atoms with Crippen molar-refractivity contribution in [2.75, 3.05) is 57.8 Å². The fraction of sp³-hybridized carbons (Fsp3) is 0.719. The van der Waals surface area contributed by atoms with Gasteiger partial charge in [0.15, 0.2) is 11.9 Å². The van der Waals surface area contributed by atoms with Gasteiger partial charge >= 0.3 is 0 Å². The number of nitrogens with one attached hydrogen (secondary N) is 15. The zero-order valence-corrected chi connectivity index (χ0v) is 63.3. The number of hydrogen-bond acceptors (Lipinski definition) is 24. The molecule has 0 bridgehead atoms. The number of thioether (sulfide) groups is 1. The average Bonchev–Trinajstić information content (AvgIpc) is 0.857. The van der Waals surface area contributed by atoms with Crippen molar-refractivity contribution in [1.82, 2.24) is 79.8 Å². The number of guanidine groups is 2. The molecule has 1 aliphatic rings. The summed E-state index contributed by atoms with van der Waals surface area (Å²) in [6.45, 7) is 6.32. The van der Waals surface area contributed by atoms with Crippen molar-refractivity contribution in [1.29, 1.82) is 0 Å². The van der Waals surface area contributed by atoms with E-state index < -0.39 is 211 Å². The van der Waals surface area contributed by atoms with E-state index in [1.54, 1.807) is 6.26 Å². The van der Waals surface area contributed by atoms with Gasteiger partial charge in [-0.15, -0.1) is 0 Å². The van der Waals surface area contributed by atoms with Gasteiger partial charge in [-0.25, -0.2) is 0 Å². The summed E-state index contributed by atoms with van der Waals surface area (Å²) < 4.78 is 0. The molecule has 1 fully saturated rings. The van der Waals surface area contributed by atoms with Crippen LogP contribution in [-0.2, 0) is 76.7 Å². The summed E-state index contributed by atoms with van der Waals surface area (Å²) in [4.78, 5) is 226. The summed E-state index contributed by atoms with van der Waals surface area (Å²) in [5, 5.41) is 58.8. The van der Waals surface area contributed by atoms with Crippen molar-refractivity contribution >= 4 is 118 Å². The number of aliphatic imine (C=N–C) groups is 2. The Morgan fingerprint density at radius 2 is 1.09 bits per heavy atom. The Hall–Kier alpha value is -9.79. The largest absolute Gasteiger partial charge is 0.391 e. The van der Waals surface area contributed by atoms with Crippen LogP contribution in [0.3, 0.4) is 0 Å². The van der Waals surface area contributed by atoms with Crippen LogP contribution >= 0.6 is 11.8 Å². The normalized spacial score (nSPS) is 20.4. The van der Waals surface area contributed by atoms with E-state index in [1.807, 2.05) is 0 Å². The molecule has 1 aliphatic heterocycles. The van der Waals surface area contributed by atoms with Gasteiger partial charge in [-0.2, -0.15) is 11.8 Å². The molecule has 0 aromatic carbocycles. The third-order valence-electron chi connectivity index (χ3n) is 16.4. The molecular formula is C64H117N25O18S. The van der Waals surface area contributed by atoms with Gasteiger partial charge in [-0.3, -0.25) is 86.7 Å². The van der Waals surface area contributed by atoms with E-state index >= 15 is 0 Å². The van der Waals surface area contributed by atoms with E-state index in [0.29, 0.717) is 19.3 Å². The average molecular weight is 1560 g/mol. The van der Waals surface area contributed by atoms with Crippen LogP contribution < -0.4 is 126 Å². The first-order chi connectivity index (χ1) is 50.9. The lowest BCUT2D eigenvalue weighted by Crippen LogP contribution is -2.62. The molecule has 0 unspecified atom stereocenters. The molecule has 612 valence electrons. The molecule has 43 nitrogen and oxygen atoms in total. The zero-order valence-electron chi connectivity index (χ0n) is 62.5. The highest BCUT2D eigenvalue weighted by atomic mass is 32.2. The fourth-order valence-corrected chi connectivity index (χ4v) is 10.6. The number of aliphatic hydroxyl groups excluding tert-OH is 2. The highest BCUT2D eigenvalue weighted by Gasteiger charge is 2.37. The Morgan fingerprint density at radius 1 is 0.546 bits per heavy atom. The highest BCUT2D eigenvalue weighted by molar-refractivity contribution is 7.98. The summed E-state index contributed by atoms with van der Waals surface area (Å²) in [6.07, 6.45) is -1.44. The smallest absolute Gasteiger partial charge is 0.245 e. The van der Waals surface area contributed by atoms with Gasteiger partial charge in [0.05, 0.1) is 31.3 Å². The third kappa shape index (κ3) is 39.2. The van der Waals surface area contributed by atoms with E-state index in [0.717, 1.165) is 13.8 Å². The second kappa shape index (κ2) is 52.3. The summed E-state index contributed by atoms with van der Waals surface area (Å²) in [6, 6.07) is -18.7. The lowest BCUT2D eigenvalue weighted by molar-refractivity contribution is -0.137. The Morgan fingerprint density at radius 3 is 1.68 bits per heavy atom. The van der Waals surface area contributed by atoms with Crippen molar-refractivity contribution < 1.29 is 86.9 Å². The van der Waals surface area contributed by atoms with E-state index in [9.17, 15) is 86.9 Å². The quantitative estimate of drug-likeness (QED) is 0.0154. The molecule has 1 rings (SSSR count). The topological polar surface area (TPSA) is 727 Å². The predicted molar refractivity (Wildman–Crippen MR) is 397 cm³/mol. The van der Waals surface area contributed by atoms with Crippen LogP contribution in [0, 0.1) is 0 Å². The summed E-state index contributed by atoms with van der Waals surface area (Å²) in [7, 11) is 0. The molecule has 0 aliphatic carbocycles. The van der Waals surface area contributed by atoms with E-state index in [2.05, 4.69) is 89.7 Å². The molecule has 1 heterocycles. The second-order valence-corrected chi connectivity index (χ2v) is 26.9. The second-order valence-electron chi connectivity index (χ2n) is 25.9. The number of primary amides is 1. The lowest BCUT2D eigenvalue weighted by atomic mass is 10.0. The van der Waals surface area contributed by atoms with Crippen LogP contribution in [0.15, 0.2) is 9.98 Å². The first kappa shape index (κ1) is 96.2. The molecular weight excluding hydrogens is 1440 g/mol. The molecule has 44 heteroatoms. The van der Waals surface area contributed by atoms with Gasteiger partial charge < -0.3 is 136 Å². The van der Waals surface area contributed by atoms with E-state index in [1.165, 1.54) is 39.5 Å². The van der Waals surface area contributed by atoms with Crippen LogP contribution in [0.1, 0.15) is 144 Å². The van der Waals surface area contributed by atoms with Crippen LogP contribution in [0.4, 0.5) is 0 Å². The monoisotopic (exact) mass is 1560 g/mol. The van der Waals surface area contributed by atoms with Crippen LogP contribution in [0.25, 0.3) is 0 Å². The Balaban J connectivity index is 3.82. The van der Waals surface area contributed by atoms with Gasteiger partial charge in [-0.05, 0) is 163 Å². The van der Waals surface area contributed by atoms with Crippen LogP contribution in [0.5, 0.6) is 0 Å². The first-order valence-electron chi connectivity index (χ1n) is 35.7. The zero-order chi connectivity index (χ0) is 81.8. The van der Waals surface area contributed by atoms with E-state index in [-0.39, 0.29) is 121 Å². The Labute approximate surface area is 631 Å². The molecule has 1 saturated heterocycles. The standard InChI is InChI=1S/C64H117N25O18S/c1-32(67)51(96)82-41(19-14-27-74-63(69)70)55(100)79-34(3)52(97)84-44(23-29-108-7)58(103)86-40-18-10-13-26-73-45(92)22-21-43(60(105)88-48(36(5)90)61(106)77-30-46(93)76-31-47(94)81-38(16-8-11-24-65)54(99)78-33(2)50(68)95)87-56(101)39(17-9-12-25-66)85-57(102)42(20-15-28-75-64(71)72)83-53(98)35(4)80-62(107)49(37(6)91)89-59(40)104/h32-44,48-49,90-91H,8-31,65-67H2,1-7H3,(H2,68,95)(H,73,92)(H,76,93)(H,77,106)(H,78,99)(H,79,100)(H,80,107)(H,81,94)(H,82,96)(H,83,98)(H,84,97)(H,85,102)(H,86,103)(H,87,101)(H,88,105)(H,89,104)(H4,69,70,74)(H4,71,72,75)/t32-,33-,34-,35-,36+,37+,38-,39-,40-,41-,42-,43-,44-,48-,49-/m0/s1. The lowest BCUT2D eigenvalue weighted by Gasteiger charge is -2.28. The number of nitrogens with two attached hydrogens (primary N) is 8. The minimum Gasteiger partial charge on any atom is -0.391 e. The van der Waals surface area contributed by atoms with Gasteiger partial charge in [0, 0.05) is 26.1 Å². The minimum absolute atomic E-state index is 0.0208. The van der Waals surface area contributed by atoms with Crippen molar-refractivity contribution in [2.24, 2.45) is 55.9 Å². The van der Waals surface area contributed by atoms with Gasteiger partial charge in [0.1, 0.15) is 72.5 Å². The number of aliphatic hydroxyl groups is 2. The number of unbranched alkanes of at least 4 members (excludes halogenated alkanes) is 2. The summed E-state index contributed by atoms with van der Waals surface area (Å²) in [5.74, 6) is -15.0. The molecule has 0 saturated carbocycles. The van der Waals surface area contributed by atoms with Crippen molar-refractivity contribution in [3.05, 3.63) is 0 Å². The van der Waals surface area contributed by atoms with Gasteiger partial charge in [0.25, 0.3) is 0 Å². The number of amides is 16. The van der Waals surface area contributed by atoms with Gasteiger partial charge in [0.2, 0.25) is 94.5 Å². The molecule has 108 heavy (non-hydrogen) atoms. The molecule has 0 radical (unpaired) electrons. The third-order valence-corrected chi connectivity index (χ3v) is 17.1. The maximum atomic E-state index is 14.5. The maximum absolute atomic E-state index is 14.5. The summed E-state index contributed by atoms with van der Waals surface area (Å²) >= 11 is 1.30. The molecule has 0 aromatic rings. The van der Waals surface area contributed by atoms with Crippen molar-refractivity contribution in [2.45, 2.75) is 235 Å². The maximum Gasteiger partial charge on any atom is 0.245 e. The fourth-order valence-electron chi connectivity index (χ4n) is 10.1. The molecule has 15 atom stereocenters. The molecule has 16 amide bonds. The summed E-state index contributed by atoms with van der Waals surface area (Å²) in [5.41, 5.74) is 44.3. The number of carbonyl (C=O) groups excluding carboxylic acids is 16. The van der Waals surface area contributed by atoms with Crippen molar-refractivity contribution in [3.63, 3.8) is 0 Å². The molecule has 0 aromatic heterocycles. The van der Waals surface area contributed by atoms with Crippen LogP contribution in [-0.4, -0.2) is 265 Å².